The predicted octanol–water partition coefficient (Wildman–Crippen LogP) is 2.67. The molecule has 2 aromatic heterocycles. The van der Waals surface area contributed by atoms with Gasteiger partial charge in [-0.1, -0.05) is 0 Å². The van der Waals surface area contributed by atoms with Crippen LogP contribution in [-0.2, 0) is 18.5 Å². The highest BCUT2D eigenvalue weighted by Crippen LogP contribution is 2.26. The van der Waals surface area contributed by atoms with Gasteiger partial charge in [0.15, 0.2) is 12.3 Å². The maximum absolute atomic E-state index is 11.4. The van der Waals surface area contributed by atoms with E-state index in [0.717, 1.165) is 55.1 Å². The predicted molar refractivity (Wildman–Crippen MR) is 135 cm³/mol. The molecular formula is C23H28F3N7O6. The quantitative estimate of drug-likeness (QED) is 0.112. The van der Waals surface area contributed by atoms with E-state index in [1.54, 1.807) is 17.6 Å². The number of non-ortho nitro benzene ring substituents is 1. The minimum Gasteiger partial charge on any atom is -0.350 e. The second kappa shape index (κ2) is 15.7. The van der Waals surface area contributed by atoms with E-state index in [1.807, 2.05) is 17.8 Å². The van der Waals surface area contributed by atoms with E-state index in [1.165, 1.54) is 24.6 Å². The molecule has 16 heteroatoms. The SMILES string of the molecule is Cn1cc(CNCC2CCN(c3ncc(C(=O)NO)cn3)CC2)c2cc([N+](=O)[O-])ccc21.F.F.OOC#CF. The van der Waals surface area contributed by atoms with E-state index in [2.05, 4.69) is 25.1 Å². The number of anilines is 1. The molecule has 4 N–H and O–H groups in total. The normalized spacial score (nSPS) is 12.6. The topological polar surface area (TPSA) is 168 Å². The summed E-state index contributed by atoms with van der Waals surface area (Å²) in [7, 11) is 1.94. The Morgan fingerprint density at radius 3 is 2.49 bits per heavy atom. The second-order valence-corrected chi connectivity index (χ2v) is 8.29. The minimum absolute atomic E-state index is 0. The molecule has 1 saturated heterocycles. The number of nitro groups is 1. The molecule has 0 spiro atoms. The lowest BCUT2D eigenvalue weighted by Gasteiger charge is -2.32. The molecule has 1 aliphatic heterocycles. The number of hydroxylamine groups is 1. The number of rotatable bonds is 7. The number of nitrogens with one attached hydrogen (secondary N) is 2. The maximum atomic E-state index is 11.4. The highest BCUT2D eigenvalue weighted by molar-refractivity contribution is 5.92. The highest BCUT2D eigenvalue weighted by atomic mass is 19.1. The van der Waals surface area contributed by atoms with Gasteiger partial charge in [0.1, 0.15) is 0 Å². The zero-order valence-corrected chi connectivity index (χ0v) is 20.7. The highest BCUT2D eigenvalue weighted by Gasteiger charge is 2.21. The molecule has 0 saturated carbocycles. The van der Waals surface area contributed by atoms with Crippen molar-refractivity contribution in [2.24, 2.45) is 13.0 Å². The van der Waals surface area contributed by atoms with Crippen molar-refractivity contribution in [1.82, 2.24) is 25.3 Å². The first-order valence-electron chi connectivity index (χ1n) is 11.2. The molecule has 4 rings (SSSR count). The smallest absolute Gasteiger partial charge is 0.277 e. The maximum Gasteiger partial charge on any atom is 0.277 e. The van der Waals surface area contributed by atoms with E-state index < -0.39 is 5.91 Å². The Morgan fingerprint density at radius 1 is 1.28 bits per heavy atom. The van der Waals surface area contributed by atoms with Gasteiger partial charge < -0.3 is 14.8 Å². The molecule has 13 nitrogen and oxygen atoms in total. The Balaban J connectivity index is 0.000000998. The zero-order valence-electron chi connectivity index (χ0n) is 20.7. The van der Waals surface area contributed by atoms with Crippen LogP contribution in [0, 0.1) is 28.3 Å². The van der Waals surface area contributed by atoms with Gasteiger partial charge in [0, 0.05) is 68.3 Å². The molecule has 0 radical (unpaired) electrons. The van der Waals surface area contributed by atoms with Crippen molar-refractivity contribution < 1.29 is 38.9 Å². The van der Waals surface area contributed by atoms with Crippen molar-refractivity contribution in [2.45, 2.75) is 19.4 Å². The number of fused-ring (bicyclic) bond motifs is 1. The molecule has 212 valence electrons. The number of halogens is 3. The van der Waals surface area contributed by atoms with E-state index in [-0.39, 0.29) is 25.6 Å². The van der Waals surface area contributed by atoms with E-state index >= 15 is 0 Å². The van der Waals surface area contributed by atoms with Gasteiger partial charge in [-0.15, -0.1) is 4.39 Å². The molecule has 0 bridgehead atoms. The van der Waals surface area contributed by atoms with Crippen LogP contribution < -0.4 is 15.7 Å². The van der Waals surface area contributed by atoms with Crippen molar-refractivity contribution in [3.8, 4) is 12.3 Å². The molecule has 3 heterocycles. The van der Waals surface area contributed by atoms with Gasteiger partial charge >= 0.3 is 0 Å². The fraction of sp³-hybridized carbons (Fsp3) is 0.348. The minimum atomic E-state index is -0.637. The molecule has 0 atom stereocenters. The van der Waals surface area contributed by atoms with Gasteiger partial charge in [0.2, 0.25) is 5.95 Å². The van der Waals surface area contributed by atoms with Crippen LogP contribution in [0.1, 0.15) is 28.8 Å². The van der Waals surface area contributed by atoms with Crippen LogP contribution >= 0.6 is 0 Å². The number of carbonyl (C=O) groups excluding carboxylic acids is 1. The summed E-state index contributed by atoms with van der Waals surface area (Å²) in [5.74, 6) is 0.445. The third kappa shape index (κ3) is 8.53. The van der Waals surface area contributed by atoms with Crippen molar-refractivity contribution in [3.63, 3.8) is 0 Å². The van der Waals surface area contributed by atoms with Crippen LogP contribution in [0.4, 0.5) is 25.4 Å². The average Bonchev–Trinajstić information content (AvgIpc) is 3.24. The molecular weight excluding hydrogens is 527 g/mol. The standard InChI is InChI=1S/C21H25N7O4.C2HFO2.2FH/c1-26-13-16(18-8-17(28(31)32)2-3-19(18)26)10-22-9-14-4-6-27(7-5-14)21-23-11-15(12-24-21)20(29)25-30;3-1-2-5-4;;/h2-3,8,11-14,22,30H,4-7,9-10H2,1H3,(H,25,29);4H;2*1H. The van der Waals surface area contributed by atoms with Gasteiger partial charge in [0.25, 0.3) is 11.6 Å². The molecule has 3 aromatic rings. The summed E-state index contributed by atoms with van der Waals surface area (Å²) in [5.41, 5.74) is 3.89. The number of nitrogens with zero attached hydrogens (tertiary/aromatic N) is 5. The Morgan fingerprint density at radius 2 is 1.95 bits per heavy atom. The van der Waals surface area contributed by atoms with E-state index in [9.17, 15) is 19.3 Å². The summed E-state index contributed by atoms with van der Waals surface area (Å²) < 4.78 is 12.3. The van der Waals surface area contributed by atoms with Crippen LogP contribution in [0.3, 0.4) is 0 Å². The van der Waals surface area contributed by atoms with Crippen LogP contribution in [0.5, 0.6) is 0 Å². The number of piperidine rings is 1. The first-order chi connectivity index (χ1) is 17.9. The third-order valence-corrected chi connectivity index (χ3v) is 6.00. The summed E-state index contributed by atoms with van der Waals surface area (Å²) in [6, 6.07) is 4.96. The molecule has 1 amide bonds. The van der Waals surface area contributed by atoms with Crippen molar-refractivity contribution in [2.75, 3.05) is 24.5 Å². The van der Waals surface area contributed by atoms with Gasteiger partial charge in [-0.2, -0.15) is 5.26 Å². The number of amides is 1. The van der Waals surface area contributed by atoms with Crippen LogP contribution in [-0.4, -0.2) is 55.5 Å². The number of hydrogen-bond donors (Lipinski definition) is 4. The van der Waals surface area contributed by atoms with Gasteiger partial charge in [-0.25, -0.2) is 15.4 Å². The number of carbonyl (C=O) groups is 1. The molecule has 1 aromatic carbocycles. The van der Waals surface area contributed by atoms with Gasteiger partial charge in [0.05, 0.1) is 10.5 Å². The summed E-state index contributed by atoms with van der Waals surface area (Å²) in [6.07, 6.45) is 8.82. The largest absolute Gasteiger partial charge is 0.350 e. The number of nitro benzene ring substituents is 1. The lowest BCUT2D eigenvalue weighted by molar-refractivity contribution is -0.384. The number of aromatic nitrogens is 3. The summed E-state index contributed by atoms with van der Waals surface area (Å²) in [5, 5.41) is 31.3. The van der Waals surface area contributed by atoms with Crippen molar-refractivity contribution in [3.05, 3.63) is 58.0 Å². The Kier molecular flexibility index (Phi) is 13.1. The summed E-state index contributed by atoms with van der Waals surface area (Å²) >= 11 is 0. The lowest BCUT2D eigenvalue weighted by Crippen LogP contribution is -2.38. The first-order valence-corrected chi connectivity index (χ1v) is 11.2. The number of hydrogen-bond acceptors (Lipinski definition) is 10. The number of aryl methyl sites for hydroxylation is 1. The fourth-order valence-electron chi connectivity index (χ4n) is 4.15. The number of benzene rings is 1. The lowest BCUT2D eigenvalue weighted by atomic mass is 9.97. The summed E-state index contributed by atoms with van der Waals surface area (Å²) in [4.78, 5) is 35.6. The fourth-order valence-corrected chi connectivity index (χ4v) is 4.15. The Bertz CT molecular complexity index is 1290. The van der Waals surface area contributed by atoms with Crippen LogP contribution in [0.15, 0.2) is 36.8 Å². The zero-order chi connectivity index (χ0) is 26.8. The first kappa shape index (κ1) is 32.6. The molecule has 39 heavy (non-hydrogen) atoms. The third-order valence-electron chi connectivity index (χ3n) is 6.00. The Labute approximate surface area is 220 Å². The monoisotopic (exact) mass is 555 g/mol. The van der Waals surface area contributed by atoms with Crippen molar-refractivity contribution in [1.29, 1.82) is 0 Å². The van der Waals surface area contributed by atoms with Gasteiger partial charge in [-0.3, -0.25) is 34.4 Å². The molecule has 1 aliphatic rings. The summed E-state index contributed by atoms with van der Waals surface area (Å²) in [6.45, 7) is 3.14. The molecule has 1 fully saturated rings. The Hall–Kier alpha value is -4.46. The average molecular weight is 556 g/mol. The van der Waals surface area contributed by atoms with E-state index in [0.29, 0.717) is 18.4 Å². The molecule has 0 aliphatic carbocycles. The van der Waals surface area contributed by atoms with Crippen LogP contribution in [0.2, 0.25) is 0 Å². The van der Waals surface area contributed by atoms with Crippen molar-refractivity contribution >= 4 is 28.4 Å². The van der Waals surface area contributed by atoms with Crippen LogP contribution in [0.25, 0.3) is 10.9 Å². The van der Waals surface area contributed by atoms with E-state index in [4.69, 9.17) is 10.5 Å². The second-order valence-electron chi connectivity index (χ2n) is 8.29. The van der Waals surface area contributed by atoms with Gasteiger partial charge in [-0.05, 0) is 36.9 Å². The molecule has 0 unspecified atom stereocenters.